The minimum absolute atomic E-state index is 0.230. The summed E-state index contributed by atoms with van der Waals surface area (Å²) in [4.78, 5) is 35.8. The molecular weight excluding hydrogens is 438 g/mol. The van der Waals surface area contributed by atoms with E-state index in [9.17, 15) is 19.5 Å². The number of carbonyl (C=O) groups is 2. The molecule has 0 aliphatic carbocycles. The van der Waals surface area contributed by atoms with Crippen molar-refractivity contribution in [1.29, 1.82) is 0 Å². The maximum atomic E-state index is 12.8. The number of carboxylic acid groups (broad SMARTS) is 1. The van der Waals surface area contributed by atoms with Gasteiger partial charge < -0.3 is 19.4 Å². The maximum Gasteiger partial charge on any atom is 0.408 e. The zero-order valence-corrected chi connectivity index (χ0v) is 19.7. The molecule has 1 aromatic carbocycles. The molecule has 1 atom stereocenters. The van der Waals surface area contributed by atoms with Crippen molar-refractivity contribution in [2.45, 2.75) is 52.4 Å². The van der Waals surface area contributed by atoms with E-state index in [1.165, 1.54) is 12.3 Å². The lowest BCUT2D eigenvalue weighted by Crippen LogP contribution is -2.16. The second-order valence-electron chi connectivity index (χ2n) is 7.95. The van der Waals surface area contributed by atoms with Crippen LogP contribution in [-0.4, -0.2) is 28.7 Å². The Labute approximate surface area is 198 Å². The quantitative estimate of drug-likeness (QED) is 0.214. The number of hydrogen-bond acceptors (Lipinski definition) is 6. The molecule has 0 fully saturated rings. The maximum absolute atomic E-state index is 12.8. The van der Waals surface area contributed by atoms with Gasteiger partial charge in [0.15, 0.2) is 5.78 Å². The van der Waals surface area contributed by atoms with Crippen molar-refractivity contribution in [3.05, 3.63) is 75.5 Å². The average Bonchev–Trinajstić information content (AvgIpc) is 2.79. The van der Waals surface area contributed by atoms with E-state index in [2.05, 4.69) is 12.2 Å². The third kappa shape index (κ3) is 7.95. The van der Waals surface area contributed by atoms with E-state index in [4.69, 9.17) is 14.3 Å². The summed E-state index contributed by atoms with van der Waals surface area (Å²) in [7, 11) is 0. The van der Waals surface area contributed by atoms with E-state index in [1.54, 1.807) is 26.0 Å². The first-order valence-corrected chi connectivity index (χ1v) is 11.2. The molecule has 8 nitrogen and oxygen atoms in total. The van der Waals surface area contributed by atoms with Crippen LogP contribution >= 0.6 is 0 Å². The lowest BCUT2D eigenvalue weighted by molar-refractivity contribution is 0.102. The molecule has 2 rings (SSSR count). The van der Waals surface area contributed by atoms with Crippen LogP contribution in [0.2, 0.25) is 0 Å². The molecule has 1 heterocycles. The molecule has 8 heteroatoms. The van der Waals surface area contributed by atoms with Crippen LogP contribution in [0.1, 0.15) is 74.1 Å². The van der Waals surface area contributed by atoms with Gasteiger partial charge in [0.1, 0.15) is 22.8 Å². The Balaban J connectivity index is 2.09. The average molecular weight is 470 g/mol. The number of aromatic hydroxyl groups is 1. The SMILES string of the molecule is CCCCOc1ccc(/C=C(\C)C(=O)c2c(O)cc(C(C)CC/C=C/NC(=O)O)oc2=O)cc1. The number of Topliss-reactive ketones (excluding diaryl/α,β-unsaturated/α-hetero) is 1. The van der Waals surface area contributed by atoms with Crippen LogP contribution in [0.4, 0.5) is 4.79 Å². The minimum atomic E-state index is -1.15. The van der Waals surface area contributed by atoms with Gasteiger partial charge in [-0.2, -0.15) is 0 Å². The van der Waals surface area contributed by atoms with Crippen LogP contribution in [0, 0.1) is 0 Å². The minimum Gasteiger partial charge on any atom is -0.507 e. The lowest BCUT2D eigenvalue weighted by atomic mass is 9.99. The number of carbonyl (C=O) groups excluding carboxylic acids is 1. The second kappa shape index (κ2) is 13.0. The highest BCUT2D eigenvalue weighted by Gasteiger charge is 2.22. The number of unbranched alkanes of at least 4 members (excludes halogenated alkanes) is 1. The van der Waals surface area contributed by atoms with E-state index in [0.717, 1.165) is 24.2 Å². The third-order valence-corrected chi connectivity index (χ3v) is 5.14. The highest BCUT2D eigenvalue weighted by molar-refractivity contribution is 6.12. The lowest BCUT2D eigenvalue weighted by Gasteiger charge is -2.11. The van der Waals surface area contributed by atoms with Crippen molar-refractivity contribution >= 4 is 18.0 Å². The van der Waals surface area contributed by atoms with Crippen LogP contribution in [0.25, 0.3) is 6.08 Å². The van der Waals surface area contributed by atoms with Gasteiger partial charge in [0.25, 0.3) is 0 Å². The highest BCUT2D eigenvalue weighted by atomic mass is 16.5. The van der Waals surface area contributed by atoms with Gasteiger partial charge in [-0.15, -0.1) is 0 Å². The van der Waals surface area contributed by atoms with E-state index >= 15 is 0 Å². The molecule has 0 aliphatic rings. The Morgan fingerprint density at radius 2 is 1.94 bits per heavy atom. The topological polar surface area (TPSA) is 126 Å². The second-order valence-corrected chi connectivity index (χ2v) is 7.95. The Morgan fingerprint density at radius 1 is 1.24 bits per heavy atom. The molecule has 0 aliphatic heterocycles. The van der Waals surface area contributed by atoms with Crippen LogP contribution in [0.3, 0.4) is 0 Å². The summed E-state index contributed by atoms with van der Waals surface area (Å²) >= 11 is 0. The van der Waals surface area contributed by atoms with Crippen molar-refractivity contribution in [3.63, 3.8) is 0 Å². The molecule has 0 bridgehead atoms. The fourth-order valence-electron chi connectivity index (χ4n) is 3.16. The zero-order chi connectivity index (χ0) is 25.1. The monoisotopic (exact) mass is 469 g/mol. The molecule has 0 radical (unpaired) electrons. The van der Waals surface area contributed by atoms with E-state index in [0.29, 0.717) is 19.4 Å². The fourth-order valence-corrected chi connectivity index (χ4v) is 3.16. The molecule has 182 valence electrons. The molecule has 3 N–H and O–H groups in total. The van der Waals surface area contributed by atoms with E-state index in [1.807, 2.05) is 24.3 Å². The van der Waals surface area contributed by atoms with Crippen LogP contribution in [-0.2, 0) is 0 Å². The summed E-state index contributed by atoms with van der Waals surface area (Å²) in [5.74, 6) is -0.285. The van der Waals surface area contributed by atoms with Gasteiger partial charge in [-0.25, -0.2) is 9.59 Å². The van der Waals surface area contributed by atoms with Gasteiger partial charge in [-0.3, -0.25) is 10.1 Å². The van der Waals surface area contributed by atoms with Crippen LogP contribution in [0.5, 0.6) is 11.5 Å². The van der Waals surface area contributed by atoms with Crippen molar-refractivity contribution < 1.29 is 29.0 Å². The van der Waals surface area contributed by atoms with Gasteiger partial charge in [-0.1, -0.05) is 38.5 Å². The number of amides is 1. The molecular formula is C26H31NO7. The Kier molecular flexibility index (Phi) is 10.1. The number of benzene rings is 1. The number of ketones is 1. The van der Waals surface area contributed by atoms with Gasteiger partial charge in [0.05, 0.1) is 6.61 Å². The third-order valence-electron chi connectivity index (χ3n) is 5.14. The summed E-state index contributed by atoms with van der Waals surface area (Å²) < 4.78 is 10.9. The standard InChI is InChI=1S/C26H31NO7/c1-4-5-14-33-20-11-9-19(10-12-20)15-18(3)24(29)23-21(28)16-22(34-25(23)30)17(2)8-6-7-13-27-26(31)32/h7,9-13,15-17,27-28H,4-6,8,14H2,1-3H3,(H,31,32)/b13-7+,18-15+. The summed E-state index contributed by atoms with van der Waals surface area (Å²) in [5.41, 5.74) is -0.274. The largest absolute Gasteiger partial charge is 0.507 e. The predicted molar refractivity (Wildman–Crippen MR) is 129 cm³/mol. The summed E-state index contributed by atoms with van der Waals surface area (Å²) in [6.45, 7) is 6.11. The Morgan fingerprint density at radius 3 is 2.56 bits per heavy atom. The van der Waals surface area contributed by atoms with Gasteiger partial charge >= 0.3 is 11.7 Å². The molecule has 1 amide bonds. The highest BCUT2D eigenvalue weighted by Crippen LogP contribution is 2.26. The van der Waals surface area contributed by atoms with Crippen molar-refractivity contribution in [2.75, 3.05) is 6.61 Å². The molecule has 0 saturated heterocycles. The number of ether oxygens (including phenoxy) is 1. The van der Waals surface area contributed by atoms with Crippen LogP contribution in [0.15, 0.2) is 57.4 Å². The van der Waals surface area contributed by atoms with Gasteiger partial charge in [0.2, 0.25) is 0 Å². The van der Waals surface area contributed by atoms with Crippen molar-refractivity contribution in [1.82, 2.24) is 5.32 Å². The first-order chi connectivity index (χ1) is 16.2. The predicted octanol–water partition coefficient (Wildman–Crippen LogP) is 5.48. The normalized spacial score (nSPS) is 12.5. The number of allylic oxidation sites excluding steroid dienone is 2. The van der Waals surface area contributed by atoms with Crippen LogP contribution < -0.4 is 15.7 Å². The molecule has 2 aromatic rings. The Bertz CT molecular complexity index is 1100. The van der Waals surface area contributed by atoms with Gasteiger partial charge in [0, 0.05) is 18.2 Å². The first kappa shape index (κ1) is 26.4. The summed E-state index contributed by atoms with van der Waals surface area (Å²) in [6.07, 6.45) is 6.52. The fraction of sp³-hybridized carbons (Fsp3) is 0.346. The van der Waals surface area contributed by atoms with E-state index in [-0.39, 0.29) is 17.3 Å². The van der Waals surface area contributed by atoms with Crippen molar-refractivity contribution in [2.24, 2.45) is 0 Å². The van der Waals surface area contributed by atoms with Crippen molar-refractivity contribution in [3.8, 4) is 11.5 Å². The Hall–Kier alpha value is -3.81. The zero-order valence-electron chi connectivity index (χ0n) is 19.7. The number of hydrogen-bond donors (Lipinski definition) is 3. The van der Waals surface area contributed by atoms with Gasteiger partial charge in [-0.05, 0) is 55.5 Å². The molecule has 1 unspecified atom stereocenters. The molecule has 0 spiro atoms. The number of nitrogens with one attached hydrogen (secondary N) is 1. The first-order valence-electron chi connectivity index (χ1n) is 11.2. The molecule has 34 heavy (non-hydrogen) atoms. The summed E-state index contributed by atoms with van der Waals surface area (Å²) in [6, 6.07) is 8.54. The summed E-state index contributed by atoms with van der Waals surface area (Å²) in [5, 5.41) is 21.0. The van der Waals surface area contributed by atoms with E-state index < -0.39 is 28.8 Å². The molecule has 0 saturated carbocycles. The molecule has 1 aromatic heterocycles. The number of rotatable bonds is 12. The smallest absolute Gasteiger partial charge is 0.408 e.